The molecule has 0 atom stereocenters. The van der Waals surface area contributed by atoms with Crippen LogP contribution in [0.4, 0.5) is 0 Å². The van der Waals surface area contributed by atoms with Crippen LogP contribution in [0.2, 0.25) is 0 Å². The number of hydrogen-bond donors (Lipinski definition) is 2. The molecule has 126 valence electrons. The normalized spacial score (nSPS) is 4.90. The van der Waals surface area contributed by atoms with Gasteiger partial charge in [0, 0.05) is 6.08 Å². The molecule has 5 nitrogen and oxygen atoms in total. The molecule has 0 aromatic rings. The summed E-state index contributed by atoms with van der Waals surface area (Å²) in [5.41, 5.74) is 0. The van der Waals surface area contributed by atoms with E-state index in [2.05, 4.69) is 82.1 Å². The van der Waals surface area contributed by atoms with E-state index in [4.69, 9.17) is 10.2 Å². The van der Waals surface area contributed by atoms with Crippen LogP contribution in [0.1, 0.15) is 0 Å². The van der Waals surface area contributed by atoms with Gasteiger partial charge in [0.1, 0.15) is 0 Å². The molecular weight excluding hydrogens is 272 g/mol. The van der Waals surface area contributed by atoms with Crippen molar-refractivity contribution in [3.8, 4) is 0 Å². The molecule has 0 rings (SSSR count). The van der Waals surface area contributed by atoms with Crippen molar-refractivity contribution in [1.82, 2.24) is 0 Å². The predicted octanol–water partition coefficient (Wildman–Crippen LogP) is 3.26. The third-order valence-electron chi connectivity index (χ3n) is 0.432. The minimum atomic E-state index is -0.581. The number of hydrogen-bond acceptors (Lipinski definition) is 5. The van der Waals surface area contributed by atoms with Gasteiger partial charge in [0.15, 0.2) is 0 Å². The van der Waals surface area contributed by atoms with E-state index in [1.807, 2.05) is 0 Å². The molecule has 0 bridgehead atoms. The molecule has 0 heterocycles. The summed E-state index contributed by atoms with van der Waals surface area (Å²) < 4.78 is 0. The molecule has 21 heavy (non-hydrogen) atoms. The zero-order chi connectivity index (χ0) is 19.1. The van der Waals surface area contributed by atoms with E-state index in [0.717, 1.165) is 6.08 Å². The standard InChI is InChI=1S/C4H6O3.C2H6O2.5C2H4/c1-3-4(5)7-6-2;3-1-2-4;5*1-2/h3H,1H2,2H3;3-4H,1-2H2;5*1-2H2. The van der Waals surface area contributed by atoms with Crippen molar-refractivity contribution >= 4 is 5.97 Å². The van der Waals surface area contributed by atoms with Crippen LogP contribution < -0.4 is 0 Å². The molecule has 0 aromatic carbocycles. The summed E-state index contributed by atoms with van der Waals surface area (Å²) in [6.07, 6.45) is 1.02. The smallest absolute Gasteiger partial charge is 0.365 e. The van der Waals surface area contributed by atoms with Crippen LogP contribution in [-0.2, 0) is 14.6 Å². The topological polar surface area (TPSA) is 76.0 Å². The first-order valence-corrected chi connectivity index (χ1v) is 5.31. The highest BCUT2D eigenvalue weighted by Crippen LogP contribution is 1.74. The summed E-state index contributed by atoms with van der Waals surface area (Å²) >= 11 is 0. The monoisotopic (exact) mass is 304 g/mol. The lowest BCUT2D eigenvalue weighted by Gasteiger charge is -1.88. The Bertz CT molecular complexity index is 147. The zero-order valence-electron chi connectivity index (χ0n) is 13.4. The third kappa shape index (κ3) is 309. The van der Waals surface area contributed by atoms with Gasteiger partial charge >= 0.3 is 5.97 Å². The average Bonchev–Trinajstić information content (AvgIpc) is 2.64. The first-order chi connectivity index (χ1) is 10.2. The highest BCUT2D eigenvalue weighted by atomic mass is 17.2. The summed E-state index contributed by atoms with van der Waals surface area (Å²) in [7, 11) is 1.25. The summed E-state index contributed by atoms with van der Waals surface area (Å²) in [5, 5.41) is 15.2. The van der Waals surface area contributed by atoms with E-state index in [1.54, 1.807) is 0 Å². The lowest BCUT2D eigenvalue weighted by molar-refractivity contribution is -0.249. The molecule has 5 heteroatoms. The van der Waals surface area contributed by atoms with Gasteiger partial charge in [-0.3, -0.25) is 4.89 Å². The Hall–Kier alpha value is -2.21. The van der Waals surface area contributed by atoms with Gasteiger partial charge in [0.25, 0.3) is 0 Å². The van der Waals surface area contributed by atoms with Crippen LogP contribution >= 0.6 is 0 Å². The maximum Gasteiger partial charge on any atom is 0.365 e. The van der Waals surface area contributed by atoms with E-state index in [-0.39, 0.29) is 13.2 Å². The van der Waals surface area contributed by atoms with Crippen LogP contribution in [0, 0.1) is 0 Å². The van der Waals surface area contributed by atoms with Crippen LogP contribution in [0.3, 0.4) is 0 Å². The van der Waals surface area contributed by atoms with Crippen molar-refractivity contribution in [2.45, 2.75) is 0 Å². The van der Waals surface area contributed by atoms with Gasteiger partial charge in [-0.1, -0.05) is 6.58 Å². The number of rotatable bonds is 3. The Labute approximate surface area is 130 Å². The molecule has 2 N–H and O–H groups in total. The van der Waals surface area contributed by atoms with Crippen molar-refractivity contribution in [2.24, 2.45) is 0 Å². The molecule has 0 radical (unpaired) electrons. The molecule has 0 aliphatic rings. The van der Waals surface area contributed by atoms with Gasteiger partial charge in [-0.2, -0.15) is 4.89 Å². The lowest BCUT2D eigenvalue weighted by Crippen LogP contribution is -1.96. The fourth-order valence-corrected chi connectivity index (χ4v) is 0.116. The fourth-order valence-electron chi connectivity index (χ4n) is 0.116. The second-order valence-corrected chi connectivity index (χ2v) is 1.22. The van der Waals surface area contributed by atoms with Crippen LogP contribution in [0.5, 0.6) is 0 Å². The van der Waals surface area contributed by atoms with Crippen molar-refractivity contribution in [3.05, 3.63) is 78.4 Å². The van der Waals surface area contributed by atoms with Crippen molar-refractivity contribution in [1.29, 1.82) is 0 Å². The van der Waals surface area contributed by atoms with E-state index in [0.29, 0.717) is 0 Å². The molecule has 0 aliphatic carbocycles. The quantitative estimate of drug-likeness (QED) is 0.362. The van der Waals surface area contributed by atoms with Gasteiger partial charge in [-0.25, -0.2) is 4.79 Å². The Morgan fingerprint density at radius 2 is 1.10 bits per heavy atom. The Kier molecular flexibility index (Phi) is 305. The van der Waals surface area contributed by atoms with Gasteiger partial charge in [-0.05, 0) is 0 Å². The van der Waals surface area contributed by atoms with Crippen LogP contribution in [0.15, 0.2) is 78.4 Å². The Balaban J connectivity index is -0.0000000243. The highest BCUT2D eigenvalue weighted by Gasteiger charge is 1.88. The maximum atomic E-state index is 9.95. The van der Waals surface area contributed by atoms with E-state index < -0.39 is 5.97 Å². The number of aliphatic hydroxyl groups is 2. The number of aliphatic hydroxyl groups excluding tert-OH is 2. The van der Waals surface area contributed by atoms with Crippen LogP contribution in [0.25, 0.3) is 0 Å². The van der Waals surface area contributed by atoms with Crippen molar-refractivity contribution < 1.29 is 24.8 Å². The van der Waals surface area contributed by atoms with Gasteiger partial charge in [-0.15, -0.1) is 65.8 Å². The van der Waals surface area contributed by atoms with Crippen molar-refractivity contribution in [2.75, 3.05) is 20.3 Å². The SMILES string of the molecule is C=C.C=C.C=C.C=C.C=C.C=CC(=O)OOC.OCCO. The maximum absolute atomic E-state index is 9.95. The number of carbonyl (C=O) groups is 1. The second kappa shape index (κ2) is 150. The first-order valence-electron chi connectivity index (χ1n) is 5.31. The van der Waals surface area contributed by atoms with Gasteiger partial charge in [0.2, 0.25) is 0 Å². The molecular formula is C16H32O5. The molecule has 0 spiro atoms. The molecule has 0 saturated heterocycles. The average molecular weight is 304 g/mol. The largest absolute Gasteiger partial charge is 0.394 e. The molecule has 0 fully saturated rings. The first kappa shape index (κ1) is 42.8. The van der Waals surface area contributed by atoms with Crippen LogP contribution in [-0.4, -0.2) is 36.5 Å². The lowest BCUT2D eigenvalue weighted by atomic mass is 10.7. The van der Waals surface area contributed by atoms with Gasteiger partial charge < -0.3 is 10.2 Å². The molecule has 0 saturated carbocycles. The zero-order valence-corrected chi connectivity index (χ0v) is 13.4. The third-order valence-corrected chi connectivity index (χ3v) is 0.432. The summed E-state index contributed by atoms with van der Waals surface area (Å²) in [6.45, 7) is 32.9. The molecule has 0 unspecified atom stereocenters. The molecule has 0 aliphatic heterocycles. The summed E-state index contributed by atoms with van der Waals surface area (Å²) in [4.78, 5) is 17.9. The van der Waals surface area contributed by atoms with Crippen molar-refractivity contribution in [3.63, 3.8) is 0 Å². The molecule has 0 amide bonds. The highest BCUT2D eigenvalue weighted by molar-refractivity contribution is 5.80. The Morgan fingerprint density at radius 1 is 0.857 bits per heavy atom. The van der Waals surface area contributed by atoms with E-state index in [9.17, 15) is 4.79 Å². The fraction of sp³-hybridized carbons (Fsp3) is 0.188. The minimum Gasteiger partial charge on any atom is -0.394 e. The molecule has 0 aromatic heterocycles. The van der Waals surface area contributed by atoms with E-state index >= 15 is 0 Å². The Morgan fingerprint density at radius 3 is 1.14 bits per heavy atom. The minimum absolute atomic E-state index is 0.125. The van der Waals surface area contributed by atoms with E-state index in [1.165, 1.54) is 7.11 Å². The second-order valence-electron chi connectivity index (χ2n) is 1.22. The predicted molar refractivity (Wildman–Crippen MR) is 93.7 cm³/mol. The summed E-state index contributed by atoms with van der Waals surface area (Å²) in [6, 6.07) is 0. The van der Waals surface area contributed by atoms with Gasteiger partial charge in [0.05, 0.1) is 20.3 Å². The number of carbonyl (C=O) groups excluding carboxylic acids is 1. The summed E-state index contributed by atoms with van der Waals surface area (Å²) in [5.74, 6) is -0.581.